The Morgan fingerprint density at radius 2 is 1.40 bits per heavy atom. The summed E-state index contributed by atoms with van der Waals surface area (Å²) in [6, 6.07) is 25.6. The van der Waals surface area contributed by atoms with Crippen molar-refractivity contribution in [1.29, 1.82) is 0 Å². The van der Waals surface area contributed by atoms with Crippen LogP contribution in [0.25, 0.3) is 10.9 Å². The lowest BCUT2D eigenvalue weighted by molar-refractivity contribution is -0.122. The minimum absolute atomic E-state index is 0.149. The van der Waals surface area contributed by atoms with Gasteiger partial charge in [0.1, 0.15) is 18.1 Å². The third-order valence-electron chi connectivity index (χ3n) is 7.66. The van der Waals surface area contributed by atoms with Crippen molar-refractivity contribution < 1.29 is 28.5 Å². The molecule has 1 heterocycles. The van der Waals surface area contributed by atoms with Crippen molar-refractivity contribution >= 4 is 22.7 Å². The third-order valence-corrected chi connectivity index (χ3v) is 7.66. The van der Waals surface area contributed by atoms with E-state index in [4.69, 9.17) is 24.7 Å². The highest BCUT2D eigenvalue weighted by Crippen LogP contribution is 2.32. The van der Waals surface area contributed by atoms with Crippen LogP contribution in [0, 0.1) is 0 Å². The number of carbonyl (C=O) groups is 2. The molecule has 47 heavy (non-hydrogen) atoms. The molecule has 4 aromatic rings. The van der Waals surface area contributed by atoms with Gasteiger partial charge in [-0.1, -0.05) is 60.7 Å². The van der Waals surface area contributed by atoms with E-state index >= 15 is 0 Å². The molecule has 0 aliphatic carbocycles. The number of hydrogen-bond acceptors (Lipinski definition) is 7. The van der Waals surface area contributed by atoms with Crippen molar-refractivity contribution in [2.75, 3.05) is 59.3 Å². The SMILES string of the molecule is CC(C(=O)NCCc1ccccc1)c1c(C(=O)NCCCOCCOCCOCCCN)[nH]c2ccc(OCc3ccccc3)cc12. The van der Waals surface area contributed by atoms with Crippen LogP contribution in [0.2, 0.25) is 0 Å². The van der Waals surface area contributed by atoms with Gasteiger partial charge in [-0.15, -0.1) is 0 Å². The normalized spacial score (nSPS) is 11.8. The van der Waals surface area contributed by atoms with Crippen LogP contribution in [0.5, 0.6) is 5.75 Å². The number of amides is 2. The van der Waals surface area contributed by atoms with E-state index < -0.39 is 5.92 Å². The first-order valence-corrected chi connectivity index (χ1v) is 16.4. The zero-order chi connectivity index (χ0) is 33.1. The van der Waals surface area contributed by atoms with E-state index in [1.54, 1.807) is 0 Å². The molecule has 0 saturated carbocycles. The minimum Gasteiger partial charge on any atom is -0.489 e. The summed E-state index contributed by atoms with van der Waals surface area (Å²) in [4.78, 5) is 30.1. The van der Waals surface area contributed by atoms with Crippen LogP contribution < -0.4 is 21.1 Å². The summed E-state index contributed by atoms with van der Waals surface area (Å²) >= 11 is 0. The number of aromatic amines is 1. The second-order valence-electron chi connectivity index (χ2n) is 11.2. The molecule has 2 amide bonds. The Balaban J connectivity index is 1.34. The lowest BCUT2D eigenvalue weighted by Gasteiger charge is -2.15. The number of carbonyl (C=O) groups excluding carboxylic acids is 2. The van der Waals surface area contributed by atoms with Gasteiger partial charge in [0.2, 0.25) is 5.91 Å². The number of ether oxygens (including phenoxy) is 4. The minimum atomic E-state index is -0.584. The number of fused-ring (bicyclic) bond motifs is 1. The van der Waals surface area contributed by atoms with E-state index in [1.165, 1.54) is 0 Å². The summed E-state index contributed by atoms with van der Waals surface area (Å²) in [7, 11) is 0. The van der Waals surface area contributed by atoms with Crippen molar-refractivity contribution in [3.05, 3.63) is 101 Å². The first kappa shape index (κ1) is 35.6. The van der Waals surface area contributed by atoms with E-state index in [0.29, 0.717) is 89.3 Å². The molecule has 0 saturated heterocycles. The van der Waals surface area contributed by atoms with E-state index in [0.717, 1.165) is 34.9 Å². The van der Waals surface area contributed by atoms with Crippen LogP contribution in [0.4, 0.5) is 0 Å². The van der Waals surface area contributed by atoms with E-state index in [2.05, 4.69) is 15.6 Å². The summed E-state index contributed by atoms with van der Waals surface area (Å²) in [5, 5.41) is 6.82. The summed E-state index contributed by atoms with van der Waals surface area (Å²) in [6.07, 6.45) is 2.20. The highest BCUT2D eigenvalue weighted by molar-refractivity contribution is 6.04. The number of hydrogen-bond donors (Lipinski definition) is 4. The lowest BCUT2D eigenvalue weighted by atomic mass is 9.96. The molecule has 5 N–H and O–H groups in total. The topological polar surface area (TPSA) is 137 Å². The Bertz CT molecular complexity index is 1500. The summed E-state index contributed by atoms with van der Waals surface area (Å²) < 4.78 is 22.6. The first-order valence-electron chi connectivity index (χ1n) is 16.4. The average molecular weight is 645 g/mol. The molecule has 0 aliphatic rings. The zero-order valence-corrected chi connectivity index (χ0v) is 27.3. The van der Waals surface area contributed by atoms with Gasteiger partial charge in [-0.2, -0.15) is 0 Å². The number of rotatable bonds is 22. The van der Waals surface area contributed by atoms with Gasteiger partial charge >= 0.3 is 0 Å². The van der Waals surface area contributed by atoms with Gasteiger partial charge < -0.3 is 40.3 Å². The largest absolute Gasteiger partial charge is 0.489 e. The molecule has 0 aliphatic heterocycles. The quantitative estimate of drug-likeness (QED) is 0.0909. The highest BCUT2D eigenvalue weighted by Gasteiger charge is 2.26. The molecule has 4 rings (SSSR count). The Hall–Kier alpha value is -4.22. The molecule has 0 fully saturated rings. The van der Waals surface area contributed by atoms with Gasteiger partial charge in [0, 0.05) is 42.8 Å². The second-order valence-corrected chi connectivity index (χ2v) is 11.2. The second kappa shape index (κ2) is 20.1. The third kappa shape index (κ3) is 11.8. The maximum atomic E-state index is 13.5. The molecular weight excluding hydrogens is 596 g/mol. The maximum Gasteiger partial charge on any atom is 0.268 e. The first-order chi connectivity index (χ1) is 23.1. The molecule has 10 nitrogen and oxygen atoms in total. The summed E-state index contributed by atoms with van der Waals surface area (Å²) in [5.41, 5.74) is 9.40. The van der Waals surface area contributed by atoms with Crippen LogP contribution in [0.15, 0.2) is 78.9 Å². The van der Waals surface area contributed by atoms with Crippen molar-refractivity contribution in [3.8, 4) is 5.75 Å². The number of aromatic nitrogens is 1. The van der Waals surface area contributed by atoms with Crippen LogP contribution in [0.1, 0.15) is 52.9 Å². The van der Waals surface area contributed by atoms with Gasteiger partial charge in [0.05, 0.1) is 32.3 Å². The molecule has 1 unspecified atom stereocenters. The fraction of sp³-hybridized carbons (Fsp3) is 0.405. The molecule has 10 heteroatoms. The van der Waals surface area contributed by atoms with Gasteiger partial charge in [0.25, 0.3) is 5.91 Å². The summed E-state index contributed by atoms with van der Waals surface area (Å²) in [6.45, 7) is 6.91. The van der Waals surface area contributed by atoms with Crippen LogP contribution >= 0.6 is 0 Å². The summed E-state index contributed by atoms with van der Waals surface area (Å²) in [5.74, 6) is -0.348. The molecule has 3 aromatic carbocycles. The van der Waals surface area contributed by atoms with Crippen molar-refractivity contribution in [1.82, 2.24) is 15.6 Å². The number of benzene rings is 3. The molecule has 0 bridgehead atoms. The van der Waals surface area contributed by atoms with E-state index in [1.807, 2.05) is 85.8 Å². The number of H-pyrrole nitrogens is 1. The predicted molar refractivity (Wildman–Crippen MR) is 184 cm³/mol. The molecule has 0 spiro atoms. The monoisotopic (exact) mass is 644 g/mol. The standard InChI is InChI=1S/C37H48N4O6/c1-28(36(42)40-19-16-29-10-4-2-5-11-29)34-32-26-31(47-27-30-12-6-3-7-13-30)14-15-33(32)41-35(34)37(43)39-18-9-21-45-23-25-46-24-22-44-20-8-17-38/h2-7,10-15,26,28,41H,8-9,16-25,27,38H2,1H3,(H,39,43)(H,40,42). The van der Waals surface area contributed by atoms with Crippen molar-refractivity contribution in [2.45, 2.75) is 38.7 Å². The van der Waals surface area contributed by atoms with Crippen molar-refractivity contribution in [2.24, 2.45) is 5.73 Å². The lowest BCUT2D eigenvalue weighted by Crippen LogP contribution is -2.32. The van der Waals surface area contributed by atoms with Crippen molar-refractivity contribution in [3.63, 3.8) is 0 Å². The Morgan fingerprint density at radius 3 is 2.09 bits per heavy atom. The highest BCUT2D eigenvalue weighted by atomic mass is 16.5. The fourth-order valence-electron chi connectivity index (χ4n) is 5.10. The number of nitrogens with two attached hydrogens (primary N) is 1. The Morgan fingerprint density at radius 1 is 0.766 bits per heavy atom. The van der Waals surface area contributed by atoms with Gasteiger partial charge in [-0.25, -0.2) is 0 Å². The Kier molecular flexibility index (Phi) is 15.2. The van der Waals surface area contributed by atoms with Gasteiger partial charge in [-0.05, 0) is 62.1 Å². The smallest absolute Gasteiger partial charge is 0.268 e. The van der Waals surface area contributed by atoms with E-state index in [-0.39, 0.29) is 11.8 Å². The number of nitrogens with one attached hydrogen (secondary N) is 3. The fourth-order valence-corrected chi connectivity index (χ4v) is 5.10. The zero-order valence-electron chi connectivity index (χ0n) is 27.3. The van der Waals surface area contributed by atoms with Crippen LogP contribution in [0.3, 0.4) is 0 Å². The maximum absolute atomic E-state index is 13.5. The molecule has 1 aromatic heterocycles. The molecule has 0 radical (unpaired) electrons. The molecular formula is C37H48N4O6. The predicted octanol–water partition coefficient (Wildman–Crippen LogP) is 4.73. The van der Waals surface area contributed by atoms with E-state index in [9.17, 15) is 9.59 Å². The Labute approximate surface area is 277 Å². The van der Waals surface area contributed by atoms with Crippen LogP contribution in [-0.4, -0.2) is 76.1 Å². The molecule has 252 valence electrons. The van der Waals surface area contributed by atoms with Crippen LogP contribution in [-0.2, 0) is 32.0 Å². The van der Waals surface area contributed by atoms with Gasteiger partial charge in [0.15, 0.2) is 0 Å². The van der Waals surface area contributed by atoms with Gasteiger partial charge in [-0.3, -0.25) is 9.59 Å². The average Bonchev–Trinajstić information content (AvgIpc) is 3.49. The molecule has 1 atom stereocenters.